The molecule has 2 aromatic carbocycles. The third-order valence-corrected chi connectivity index (χ3v) is 4.85. The first kappa shape index (κ1) is 17.5. The Morgan fingerprint density at radius 3 is 2.48 bits per heavy atom. The van der Waals surface area contributed by atoms with E-state index in [0.29, 0.717) is 12.4 Å². The zero-order valence-corrected chi connectivity index (χ0v) is 15.1. The van der Waals surface area contributed by atoms with Gasteiger partial charge in [0.25, 0.3) is 0 Å². The van der Waals surface area contributed by atoms with Crippen LogP contribution in [0.1, 0.15) is 12.0 Å². The second-order valence-corrected chi connectivity index (χ2v) is 6.80. The molecular formula is C19H20FN3OS. The molecule has 6 heteroatoms. The first-order valence-electron chi connectivity index (χ1n) is 8.11. The van der Waals surface area contributed by atoms with Gasteiger partial charge in [0.15, 0.2) is 11.0 Å². The van der Waals surface area contributed by atoms with Crippen molar-refractivity contribution in [3.05, 3.63) is 59.9 Å². The minimum Gasteiger partial charge on any atom is -0.494 e. The van der Waals surface area contributed by atoms with E-state index in [1.165, 1.54) is 17.7 Å². The summed E-state index contributed by atoms with van der Waals surface area (Å²) < 4.78 is 20.4. The SMILES string of the molecule is Cc1ccc(-c2nnc(SCCCOc3ccc(F)cc3)n2C)cc1. The maximum absolute atomic E-state index is 12.8. The fraction of sp³-hybridized carbons (Fsp3) is 0.263. The summed E-state index contributed by atoms with van der Waals surface area (Å²) in [4.78, 5) is 0. The van der Waals surface area contributed by atoms with E-state index in [9.17, 15) is 4.39 Å². The van der Waals surface area contributed by atoms with Crippen molar-refractivity contribution < 1.29 is 9.13 Å². The van der Waals surface area contributed by atoms with Gasteiger partial charge in [0.2, 0.25) is 0 Å². The third kappa shape index (κ3) is 4.60. The number of ether oxygens (including phenoxy) is 1. The molecule has 4 nitrogen and oxygen atoms in total. The molecule has 25 heavy (non-hydrogen) atoms. The molecule has 0 fully saturated rings. The molecule has 0 radical (unpaired) electrons. The second kappa shape index (κ2) is 8.16. The third-order valence-electron chi connectivity index (χ3n) is 3.75. The lowest BCUT2D eigenvalue weighted by atomic mass is 10.1. The molecule has 1 aromatic heterocycles. The molecule has 0 spiro atoms. The van der Waals surface area contributed by atoms with Crippen LogP contribution in [0.5, 0.6) is 5.75 Å². The van der Waals surface area contributed by atoms with Crippen molar-refractivity contribution in [3.63, 3.8) is 0 Å². The monoisotopic (exact) mass is 357 g/mol. The number of hydrogen-bond donors (Lipinski definition) is 0. The van der Waals surface area contributed by atoms with Crippen molar-refractivity contribution in [2.45, 2.75) is 18.5 Å². The summed E-state index contributed by atoms with van der Waals surface area (Å²) in [6, 6.07) is 14.3. The molecule has 0 amide bonds. The molecule has 3 rings (SSSR count). The fourth-order valence-corrected chi connectivity index (χ4v) is 3.16. The van der Waals surface area contributed by atoms with E-state index < -0.39 is 0 Å². The van der Waals surface area contributed by atoms with Gasteiger partial charge < -0.3 is 9.30 Å². The van der Waals surface area contributed by atoms with Gasteiger partial charge >= 0.3 is 0 Å². The maximum atomic E-state index is 12.8. The highest BCUT2D eigenvalue weighted by molar-refractivity contribution is 7.99. The van der Waals surface area contributed by atoms with Crippen LogP contribution >= 0.6 is 11.8 Å². The minimum atomic E-state index is -0.255. The molecule has 0 saturated carbocycles. The second-order valence-electron chi connectivity index (χ2n) is 5.74. The number of aryl methyl sites for hydroxylation is 1. The summed E-state index contributed by atoms with van der Waals surface area (Å²) in [5.74, 6) is 2.17. The van der Waals surface area contributed by atoms with Gasteiger partial charge in [0, 0.05) is 18.4 Å². The summed E-state index contributed by atoms with van der Waals surface area (Å²) in [5.41, 5.74) is 2.29. The molecular weight excluding hydrogens is 337 g/mol. The average Bonchev–Trinajstić information content (AvgIpc) is 2.98. The van der Waals surface area contributed by atoms with Crippen molar-refractivity contribution in [2.75, 3.05) is 12.4 Å². The van der Waals surface area contributed by atoms with E-state index in [-0.39, 0.29) is 5.82 Å². The van der Waals surface area contributed by atoms with Gasteiger partial charge in [-0.25, -0.2) is 4.39 Å². The lowest BCUT2D eigenvalue weighted by Gasteiger charge is -2.06. The highest BCUT2D eigenvalue weighted by Gasteiger charge is 2.10. The van der Waals surface area contributed by atoms with Crippen LogP contribution in [0.25, 0.3) is 11.4 Å². The molecule has 0 atom stereocenters. The van der Waals surface area contributed by atoms with Gasteiger partial charge in [-0.2, -0.15) is 0 Å². The van der Waals surface area contributed by atoms with Crippen LogP contribution in [-0.2, 0) is 7.05 Å². The normalized spacial score (nSPS) is 10.8. The Morgan fingerprint density at radius 2 is 1.76 bits per heavy atom. The van der Waals surface area contributed by atoms with Crippen LogP contribution in [0, 0.1) is 12.7 Å². The standard InChI is InChI=1S/C19H20FN3OS/c1-14-4-6-15(7-5-14)18-21-22-19(23(18)2)25-13-3-12-24-17-10-8-16(20)9-11-17/h4-11H,3,12-13H2,1-2H3. The fourth-order valence-electron chi connectivity index (χ4n) is 2.34. The highest BCUT2D eigenvalue weighted by Crippen LogP contribution is 2.23. The Kier molecular flexibility index (Phi) is 5.71. The zero-order valence-electron chi connectivity index (χ0n) is 14.3. The number of thioether (sulfide) groups is 1. The van der Waals surface area contributed by atoms with E-state index in [2.05, 4.69) is 41.4 Å². The largest absolute Gasteiger partial charge is 0.494 e. The van der Waals surface area contributed by atoms with Gasteiger partial charge in [-0.05, 0) is 37.6 Å². The Morgan fingerprint density at radius 1 is 1.04 bits per heavy atom. The summed E-state index contributed by atoms with van der Waals surface area (Å²) in [7, 11) is 1.98. The van der Waals surface area contributed by atoms with Crippen LogP contribution in [0.15, 0.2) is 53.7 Å². The number of aromatic nitrogens is 3. The molecule has 1 heterocycles. The highest BCUT2D eigenvalue weighted by atomic mass is 32.2. The van der Waals surface area contributed by atoms with Crippen molar-refractivity contribution in [3.8, 4) is 17.1 Å². The van der Waals surface area contributed by atoms with E-state index in [0.717, 1.165) is 28.7 Å². The maximum Gasteiger partial charge on any atom is 0.191 e. The van der Waals surface area contributed by atoms with E-state index in [1.54, 1.807) is 23.9 Å². The minimum absolute atomic E-state index is 0.255. The number of nitrogens with zero attached hydrogens (tertiary/aromatic N) is 3. The van der Waals surface area contributed by atoms with E-state index >= 15 is 0 Å². The van der Waals surface area contributed by atoms with E-state index in [4.69, 9.17) is 4.74 Å². The predicted octanol–water partition coefficient (Wildman–Crippen LogP) is 4.49. The summed E-state index contributed by atoms with van der Waals surface area (Å²) in [6.45, 7) is 2.65. The Labute approximate surface area is 151 Å². The average molecular weight is 357 g/mol. The van der Waals surface area contributed by atoms with Crippen LogP contribution in [-0.4, -0.2) is 27.1 Å². The number of hydrogen-bond acceptors (Lipinski definition) is 4. The number of benzene rings is 2. The Hall–Kier alpha value is -2.34. The Balaban J connectivity index is 1.49. The molecule has 0 unspecified atom stereocenters. The summed E-state index contributed by atoms with van der Waals surface area (Å²) in [6.07, 6.45) is 0.870. The van der Waals surface area contributed by atoms with Crippen molar-refractivity contribution in [1.82, 2.24) is 14.8 Å². The number of halogens is 1. The molecule has 0 aliphatic carbocycles. The van der Waals surface area contributed by atoms with Crippen LogP contribution in [0.2, 0.25) is 0 Å². The van der Waals surface area contributed by atoms with Gasteiger partial charge in [-0.15, -0.1) is 10.2 Å². The first-order valence-corrected chi connectivity index (χ1v) is 9.09. The summed E-state index contributed by atoms with van der Waals surface area (Å²) >= 11 is 1.65. The van der Waals surface area contributed by atoms with E-state index in [1.807, 2.05) is 11.6 Å². The molecule has 0 saturated heterocycles. The molecule has 0 aliphatic rings. The van der Waals surface area contributed by atoms with Crippen molar-refractivity contribution >= 4 is 11.8 Å². The first-order chi connectivity index (χ1) is 12.1. The quantitative estimate of drug-likeness (QED) is 0.461. The lowest BCUT2D eigenvalue weighted by Crippen LogP contribution is -2.00. The van der Waals surface area contributed by atoms with Crippen LogP contribution in [0.4, 0.5) is 4.39 Å². The van der Waals surface area contributed by atoms with Crippen LogP contribution in [0.3, 0.4) is 0 Å². The zero-order chi connectivity index (χ0) is 17.6. The van der Waals surface area contributed by atoms with Gasteiger partial charge in [-0.3, -0.25) is 0 Å². The molecule has 130 valence electrons. The molecule has 0 bridgehead atoms. The van der Waals surface area contributed by atoms with Crippen molar-refractivity contribution in [1.29, 1.82) is 0 Å². The lowest BCUT2D eigenvalue weighted by molar-refractivity contribution is 0.318. The summed E-state index contributed by atoms with van der Waals surface area (Å²) in [5, 5.41) is 9.46. The topological polar surface area (TPSA) is 39.9 Å². The van der Waals surface area contributed by atoms with Crippen LogP contribution < -0.4 is 4.74 Å². The molecule has 3 aromatic rings. The van der Waals surface area contributed by atoms with Gasteiger partial charge in [-0.1, -0.05) is 41.6 Å². The molecule has 0 N–H and O–H groups in total. The van der Waals surface area contributed by atoms with Crippen molar-refractivity contribution in [2.24, 2.45) is 7.05 Å². The molecule has 0 aliphatic heterocycles. The Bertz CT molecular complexity index is 816. The predicted molar refractivity (Wildman–Crippen MR) is 98.4 cm³/mol. The smallest absolute Gasteiger partial charge is 0.191 e. The van der Waals surface area contributed by atoms with Gasteiger partial charge in [0.05, 0.1) is 6.61 Å². The van der Waals surface area contributed by atoms with Gasteiger partial charge in [0.1, 0.15) is 11.6 Å². The number of rotatable bonds is 7.